The summed E-state index contributed by atoms with van der Waals surface area (Å²) in [5, 5.41) is 0.938. The monoisotopic (exact) mass is 313 g/mol. The summed E-state index contributed by atoms with van der Waals surface area (Å²) >= 11 is 3.40. The van der Waals surface area contributed by atoms with E-state index in [1.807, 2.05) is 6.92 Å². The number of hydrogen-bond acceptors (Lipinski definition) is 3. The lowest BCUT2D eigenvalue weighted by atomic mass is 10.1. The van der Waals surface area contributed by atoms with Gasteiger partial charge >= 0.3 is 0 Å². The molecule has 96 valence electrons. The molecule has 0 atom stereocenters. The molecule has 1 aliphatic carbocycles. The van der Waals surface area contributed by atoms with Gasteiger partial charge in [-0.15, -0.1) is 0 Å². The first-order valence-electron chi connectivity index (χ1n) is 5.65. The molecule has 0 bridgehead atoms. The van der Waals surface area contributed by atoms with Crippen molar-refractivity contribution in [2.45, 2.75) is 26.2 Å². The molecule has 0 saturated heterocycles. The molecule has 0 aromatic heterocycles. The highest BCUT2D eigenvalue weighted by Gasteiger charge is 2.42. The number of ether oxygens (including phenoxy) is 1. The molecule has 0 unspecified atom stereocenters. The van der Waals surface area contributed by atoms with Gasteiger partial charge in [-0.05, 0) is 31.6 Å². The van der Waals surface area contributed by atoms with Crippen molar-refractivity contribution < 1.29 is 13.2 Å². The van der Waals surface area contributed by atoms with E-state index in [-0.39, 0.29) is 17.8 Å². The standard InChI is InChI=1S/C10H20BrNO3S/c1-2-15-7-8-16(13,14)12-9-10(3-4-10)5-6-11/h12H,2-9H2,1H3. The average Bonchev–Trinajstić information content (AvgIpc) is 2.97. The predicted molar refractivity (Wildman–Crippen MR) is 68.4 cm³/mol. The Morgan fingerprint density at radius 2 is 2.12 bits per heavy atom. The number of halogens is 1. The largest absolute Gasteiger partial charge is 0.381 e. The van der Waals surface area contributed by atoms with Crippen LogP contribution in [0.1, 0.15) is 26.2 Å². The molecule has 0 aromatic rings. The highest BCUT2D eigenvalue weighted by molar-refractivity contribution is 9.09. The van der Waals surface area contributed by atoms with Crippen LogP contribution in [0, 0.1) is 5.41 Å². The number of sulfonamides is 1. The lowest BCUT2D eigenvalue weighted by Crippen LogP contribution is -2.33. The molecule has 1 rings (SSSR count). The number of nitrogens with one attached hydrogen (secondary N) is 1. The molecule has 0 aliphatic heterocycles. The van der Waals surface area contributed by atoms with Gasteiger partial charge in [-0.2, -0.15) is 0 Å². The van der Waals surface area contributed by atoms with Crippen molar-refractivity contribution in [1.29, 1.82) is 0 Å². The van der Waals surface area contributed by atoms with Gasteiger partial charge in [0.1, 0.15) is 0 Å². The summed E-state index contributed by atoms with van der Waals surface area (Å²) in [5.74, 6) is 0.0607. The maximum absolute atomic E-state index is 11.6. The molecule has 1 aliphatic rings. The van der Waals surface area contributed by atoms with Gasteiger partial charge in [0.2, 0.25) is 10.0 Å². The summed E-state index contributed by atoms with van der Waals surface area (Å²) in [6.07, 6.45) is 3.31. The Hall–Kier alpha value is 0.350. The molecule has 0 spiro atoms. The Labute approximate surface area is 106 Å². The SMILES string of the molecule is CCOCCS(=O)(=O)NCC1(CCBr)CC1. The van der Waals surface area contributed by atoms with Crippen LogP contribution in [0.15, 0.2) is 0 Å². The maximum atomic E-state index is 11.6. The summed E-state index contributed by atoms with van der Waals surface area (Å²) < 4.78 is 30.9. The fraction of sp³-hybridized carbons (Fsp3) is 1.00. The number of rotatable bonds is 9. The Balaban J connectivity index is 2.25. The van der Waals surface area contributed by atoms with Gasteiger partial charge in [-0.25, -0.2) is 13.1 Å². The highest BCUT2D eigenvalue weighted by Crippen LogP contribution is 2.48. The molecule has 1 N–H and O–H groups in total. The zero-order valence-corrected chi connectivity index (χ0v) is 12.1. The summed E-state index contributed by atoms with van der Waals surface area (Å²) in [6.45, 7) is 3.27. The Morgan fingerprint density at radius 3 is 2.62 bits per heavy atom. The van der Waals surface area contributed by atoms with Gasteiger partial charge in [-0.3, -0.25) is 0 Å². The molecular weight excluding hydrogens is 294 g/mol. The summed E-state index contributed by atoms with van der Waals surface area (Å²) in [4.78, 5) is 0. The van der Waals surface area contributed by atoms with Crippen molar-refractivity contribution in [3.63, 3.8) is 0 Å². The number of alkyl halides is 1. The van der Waals surface area contributed by atoms with Gasteiger partial charge in [0.15, 0.2) is 0 Å². The van der Waals surface area contributed by atoms with E-state index in [0.29, 0.717) is 13.2 Å². The predicted octanol–water partition coefficient (Wildman–Crippen LogP) is 1.51. The van der Waals surface area contributed by atoms with Crippen LogP contribution in [-0.2, 0) is 14.8 Å². The summed E-state index contributed by atoms with van der Waals surface area (Å²) in [7, 11) is -3.16. The number of hydrogen-bond donors (Lipinski definition) is 1. The quantitative estimate of drug-likeness (QED) is 0.518. The van der Waals surface area contributed by atoms with E-state index < -0.39 is 10.0 Å². The molecule has 1 fully saturated rings. The Morgan fingerprint density at radius 1 is 1.44 bits per heavy atom. The second-order valence-electron chi connectivity index (χ2n) is 4.28. The second-order valence-corrected chi connectivity index (χ2v) is 7.00. The first-order chi connectivity index (χ1) is 7.54. The lowest BCUT2D eigenvalue weighted by Gasteiger charge is -2.14. The summed E-state index contributed by atoms with van der Waals surface area (Å²) in [6, 6.07) is 0. The van der Waals surface area contributed by atoms with Crippen LogP contribution in [0.5, 0.6) is 0 Å². The van der Waals surface area contributed by atoms with E-state index in [2.05, 4.69) is 20.7 Å². The molecule has 0 amide bonds. The van der Waals surface area contributed by atoms with E-state index in [4.69, 9.17) is 4.74 Å². The van der Waals surface area contributed by atoms with Crippen LogP contribution in [0.4, 0.5) is 0 Å². The van der Waals surface area contributed by atoms with E-state index in [1.54, 1.807) is 0 Å². The molecule has 0 radical (unpaired) electrons. The Kier molecular flexibility index (Phi) is 5.70. The maximum Gasteiger partial charge on any atom is 0.213 e. The minimum atomic E-state index is -3.16. The van der Waals surface area contributed by atoms with Gasteiger partial charge in [0.25, 0.3) is 0 Å². The van der Waals surface area contributed by atoms with Crippen LogP contribution in [0.2, 0.25) is 0 Å². The molecular formula is C10H20BrNO3S. The van der Waals surface area contributed by atoms with Crippen LogP contribution in [0.25, 0.3) is 0 Å². The zero-order chi connectivity index (χ0) is 12.1. The van der Waals surface area contributed by atoms with Crippen molar-refractivity contribution in [3.05, 3.63) is 0 Å². The molecule has 16 heavy (non-hydrogen) atoms. The third-order valence-corrected chi connectivity index (χ3v) is 4.63. The minimum Gasteiger partial charge on any atom is -0.381 e. The molecule has 0 aromatic carbocycles. The van der Waals surface area contributed by atoms with Crippen molar-refractivity contribution in [2.24, 2.45) is 5.41 Å². The third-order valence-electron chi connectivity index (χ3n) is 2.95. The molecule has 4 nitrogen and oxygen atoms in total. The van der Waals surface area contributed by atoms with Gasteiger partial charge < -0.3 is 4.74 Å². The van der Waals surface area contributed by atoms with E-state index in [1.165, 1.54) is 0 Å². The average molecular weight is 314 g/mol. The Bertz CT molecular complexity index is 301. The van der Waals surface area contributed by atoms with Gasteiger partial charge in [0.05, 0.1) is 12.4 Å². The van der Waals surface area contributed by atoms with Crippen molar-refractivity contribution in [2.75, 3.05) is 30.8 Å². The lowest BCUT2D eigenvalue weighted by molar-refractivity contribution is 0.163. The summed E-state index contributed by atoms with van der Waals surface area (Å²) in [5.41, 5.74) is 0.224. The topological polar surface area (TPSA) is 55.4 Å². The third kappa shape index (κ3) is 5.12. The fourth-order valence-corrected chi connectivity index (χ4v) is 3.39. The molecule has 1 saturated carbocycles. The van der Waals surface area contributed by atoms with Gasteiger partial charge in [-0.1, -0.05) is 15.9 Å². The van der Waals surface area contributed by atoms with Crippen LogP contribution < -0.4 is 4.72 Å². The molecule has 0 heterocycles. The fourth-order valence-electron chi connectivity index (χ4n) is 1.54. The van der Waals surface area contributed by atoms with E-state index in [0.717, 1.165) is 24.6 Å². The smallest absolute Gasteiger partial charge is 0.213 e. The molecule has 6 heteroatoms. The van der Waals surface area contributed by atoms with Crippen molar-refractivity contribution >= 4 is 26.0 Å². The zero-order valence-electron chi connectivity index (χ0n) is 9.67. The first kappa shape index (κ1) is 14.4. The van der Waals surface area contributed by atoms with Crippen molar-refractivity contribution in [1.82, 2.24) is 4.72 Å². The van der Waals surface area contributed by atoms with E-state index in [9.17, 15) is 8.42 Å². The van der Waals surface area contributed by atoms with Crippen molar-refractivity contribution in [3.8, 4) is 0 Å². The van der Waals surface area contributed by atoms with Crippen LogP contribution >= 0.6 is 15.9 Å². The van der Waals surface area contributed by atoms with Gasteiger partial charge in [0, 0.05) is 18.5 Å². The minimum absolute atomic E-state index is 0.0607. The van der Waals surface area contributed by atoms with Crippen LogP contribution in [-0.4, -0.2) is 39.3 Å². The first-order valence-corrected chi connectivity index (χ1v) is 8.42. The van der Waals surface area contributed by atoms with Crippen LogP contribution in [0.3, 0.4) is 0 Å². The normalized spacial score (nSPS) is 18.6. The van der Waals surface area contributed by atoms with E-state index >= 15 is 0 Å². The second kappa shape index (κ2) is 6.33. The highest BCUT2D eigenvalue weighted by atomic mass is 79.9.